The predicted molar refractivity (Wildman–Crippen MR) is 54.1 cm³/mol. The van der Waals surface area contributed by atoms with Crippen molar-refractivity contribution in [3.05, 3.63) is 0 Å². The standard InChI is InChI=1S/C9H18N2O4/c1-14-7(6-10)9(13)11-5-3-4-8(12)15-2/h7H,3-6,10H2,1-2H3,(H,11,13). The lowest BCUT2D eigenvalue weighted by molar-refractivity contribution is -0.141. The van der Waals surface area contributed by atoms with Crippen molar-refractivity contribution in [1.82, 2.24) is 5.32 Å². The molecule has 0 saturated carbocycles. The number of hydrogen-bond acceptors (Lipinski definition) is 5. The molecule has 15 heavy (non-hydrogen) atoms. The second-order valence-corrected chi connectivity index (χ2v) is 2.93. The van der Waals surface area contributed by atoms with Crippen molar-refractivity contribution in [3.8, 4) is 0 Å². The van der Waals surface area contributed by atoms with E-state index in [1.54, 1.807) is 0 Å². The number of hydrogen-bond donors (Lipinski definition) is 2. The highest BCUT2D eigenvalue weighted by Gasteiger charge is 2.14. The molecule has 0 aromatic rings. The van der Waals surface area contributed by atoms with E-state index in [0.29, 0.717) is 13.0 Å². The molecule has 1 amide bonds. The van der Waals surface area contributed by atoms with Crippen LogP contribution < -0.4 is 11.1 Å². The molecule has 0 aromatic carbocycles. The SMILES string of the molecule is COC(=O)CCCNC(=O)C(CN)OC. The van der Waals surface area contributed by atoms with Gasteiger partial charge in [0.2, 0.25) is 5.91 Å². The molecule has 1 unspecified atom stereocenters. The highest BCUT2D eigenvalue weighted by Crippen LogP contribution is 1.91. The van der Waals surface area contributed by atoms with Gasteiger partial charge >= 0.3 is 5.97 Å². The number of methoxy groups -OCH3 is 2. The van der Waals surface area contributed by atoms with Gasteiger partial charge in [-0.15, -0.1) is 0 Å². The van der Waals surface area contributed by atoms with Crippen LogP contribution in [0.3, 0.4) is 0 Å². The zero-order valence-electron chi connectivity index (χ0n) is 9.12. The third kappa shape index (κ3) is 6.03. The molecule has 6 nitrogen and oxygen atoms in total. The van der Waals surface area contributed by atoms with Crippen LogP contribution in [0.15, 0.2) is 0 Å². The van der Waals surface area contributed by atoms with Crippen molar-refractivity contribution < 1.29 is 19.1 Å². The summed E-state index contributed by atoms with van der Waals surface area (Å²) in [5.74, 6) is -0.545. The minimum atomic E-state index is -0.622. The first-order valence-corrected chi connectivity index (χ1v) is 4.73. The molecule has 1 atom stereocenters. The minimum Gasteiger partial charge on any atom is -0.469 e. The fraction of sp³-hybridized carbons (Fsp3) is 0.778. The first-order chi connectivity index (χ1) is 7.15. The van der Waals surface area contributed by atoms with Crippen molar-refractivity contribution in [1.29, 1.82) is 0 Å². The number of rotatable bonds is 7. The Hall–Kier alpha value is -1.14. The maximum atomic E-state index is 11.3. The molecule has 6 heteroatoms. The Morgan fingerprint density at radius 1 is 1.40 bits per heavy atom. The molecule has 0 rings (SSSR count). The molecule has 88 valence electrons. The molecule has 0 fully saturated rings. The average molecular weight is 218 g/mol. The van der Waals surface area contributed by atoms with Crippen LogP contribution in [0, 0.1) is 0 Å². The highest BCUT2D eigenvalue weighted by molar-refractivity contribution is 5.81. The number of nitrogens with two attached hydrogens (primary N) is 1. The summed E-state index contributed by atoms with van der Waals surface area (Å²) in [6.45, 7) is 0.549. The quantitative estimate of drug-likeness (QED) is 0.424. The van der Waals surface area contributed by atoms with E-state index in [0.717, 1.165) is 0 Å². The van der Waals surface area contributed by atoms with E-state index >= 15 is 0 Å². The van der Waals surface area contributed by atoms with Crippen molar-refractivity contribution in [2.45, 2.75) is 18.9 Å². The number of esters is 1. The molecular formula is C9H18N2O4. The van der Waals surface area contributed by atoms with Gasteiger partial charge in [0.25, 0.3) is 0 Å². The molecule has 0 aromatic heterocycles. The van der Waals surface area contributed by atoms with E-state index in [1.165, 1.54) is 14.2 Å². The van der Waals surface area contributed by atoms with Gasteiger partial charge in [-0.1, -0.05) is 0 Å². The summed E-state index contributed by atoms with van der Waals surface area (Å²) in [4.78, 5) is 22.0. The van der Waals surface area contributed by atoms with Gasteiger partial charge in [0.15, 0.2) is 0 Å². The van der Waals surface area contributed by atoms with E-state index in [2.05, 4.69) is 10.1 Å². The van der Waals surface area contributed by atoms with Gasteiger partial charge in [-0.05, 0) is 6.42 Å². The first kappa shape index (κ1) is 13.9. The summed E-state index contributed by atoms with van der Waals surface area (Å²) in [5.41, 5.74) is 5.30. The third-order valence-corrected chi connectivity index (χ3v) is 1.88. The van der Waals surface area contributed by atoms with Crippen molar-refractivity contribution >= 4 is 11.9 Å². The van der Waals surface area contributed by atoms with Crippen molar-refractivity contribution in [3.63, 3.8) is 0 Å². The molecular weight excluding hydrogens is 200 g/mol. The summed E-state index contributed by atoms with van der Waals surface area (Å²) in [6.07, 6.45) is 0.208. The first-order valence-electron chi connectivity index (χ1n) is 4.73. The lowest BCUT2D eigenvalue weighted by atomic mass is 10.3. The largest absolute Gasteiger partial charge is 0.469 e. The minimum absolute atomic E-state index is 0.138. The fourth-order valence-electron chi connectivity index (χ4n) is 0.971. The lowest BCUT2D eigenvalue weighted by Crippen LogP contribution is -2.41. The van der Waals surface area contributed by atoms with Crippen LogP contribution in [0.5, 0.6) is 0 Å². The number of ether oxygens (including phenoxy) is 2. The Morgan fingerprint density at radius 3 is 2.53 bits per heavy atom. The Bertz CT molecular complexity index is 204. The van der Waals surface area contributed by atoms with Crippen LogP contribution in [0.1, 0.15) is 12.8 Å². The topological polar surface area (TPSA) is 90.7 Å². The van der Waals surface area contributed by atoms with Gasteiger partial charge in [-0.2, -0.15) is 0 Å². The molecule has 0 saturated heterocycles. The van der Waals surface area contributed by atoms with Gasteiger partial charge < -0.3 is 20.5 Å². The Labute approximate surface area is 89.1 Å². The van der Waals surface area contributed by atoms with E-state index in [9.17, 15) is 9.59 Å². The van der Waals surface area contributed by atoms with Crippen LogP contribution in [0.4, 0.5) is 0 Å². The fourth-order valence-corrected chi connectivity index (χ4v) is 0.971. The molecule has 0 spiro atoms. The second kappa shape index (κ2) is 8.19. The molecule has 3 N–H and O–H groups in total. The molecule has 0 heterocycles. The van der Waals surface area contributed by atoms with Gasteiger partial charge in [0.1, 0.15) is 6.10 Å². The maximum absolute atomic E-state index is 11.3. The average Bonchev–Trinajstić information content (AvgIpc) is 2.25. The van der Waals surface area contributed by atoms with Crippen molar-refractivity contribution in [2.24, 2.45) is 5.73 Å². The zero-order valence-corrected chi connectivity index (χ0v) is 9.12. The van der Waals surface area contributed by atoms with Crippen LogP contribution in [0.25, 0.3) is 0 Å². The van der Waals surface area contributed by atoms with E-state index in [-0.39, 0.29) is 24.8 Å². The van der Waals surface area contributed by atoms with E-state index in [4.69, 9.17) is 10.5 Å². The Kier molecular flexibility index (Phi) is 7.57. The molecule has 0 radical (unpaired) electrons. The maximum Gasteiger partial charge on any atom is 0.305 e. The Balaban J connectivity index is 3.58. The summed E-state index contributed by atoms with van der Waals surface area (Å²) in [5, 5.41) is 2.61. The van der Waals surface area contributed by atoms with Gasteiger partial charge in [0, 0.05) is 26.6 Å². The molecule has 0 bridgehead atoms. The molecule has 0 aliphatic heterocycles. The summed E-state index contributed by atoms with van der Waals surface area (Å²) >= 11 is 0. The predicted octanol–water partition coefficient (Wildman–Crippen LogP) is -0.970. The smallest absolute Gasteiger partial charge is 0.305 e. The normalized spacial score (nSPS) is 11.9. The van der Waals surface area contributed by atoms with E-state index < -0.39 is 6.10 Å². The van der Waals surface area contributed by atoms with Crippen molar-refractivity contribution in [2.75, 3.05) is 27.3 Å². The van der Waals surface area contributed by atoms with Gasteiger partial charge in [-0.3, -0.25) is 9.59 Å². The summed E-state index contributed by atoms with van der Waals surface area (Å²) < 4.78 is 9.28. The number of amides is 1. The third-order valence-electron chi connectivity index (χ3n) is 1.88. The highest BCUT2D eigenvalue weighted by atomic mass is 16.5. The van der Waals surface area contributed by atoms with Crippen LogP contribution >= 0.6 is 0 Å². The number of carbonyl (C=O) groups excluding carboxylic acids is 2. The van der Waals surface area contributed by atoms with Crippen LogP contribution in [-0.2, 0) is 19.1 Å². The second-order valence-electron chi connectivity index (χ2n) is 2.93. The molecule has 0 aliphatic carbocycles. The number of nitrogens with one attached hydrogen (secondary N) is 1. The Morgan fingerprint density at radius 2 is 2.07 bits per heavy atom. The summed E-state index contributed by atoms with van der Waals surface area (Å²) in [7, 11) is 2.75. The summed E-state index contributed by atoms with van der Waals surface area (Å²) in [6, 6.07) is 0. The van der Waals surface area contributed by atoms with Gasteiger partial charge in [0.05, 0.1) is 7.11 Å². The number of carbonyl (C=O) groups is 2. The van der Waals surface area contributed by atoms with Crippen LogP contribution in [0.2, 0.25) is 0 Å². The zero-order chi connectivity index (χ0) is 11.7. The molecule has 0 aliphatic rings. The van der Waals surface area contributed by atoms with Gasteiger partial charge in [-0.25, -0.2) is 0 Å². The lowest BCUT2D eigenvalue weighted by Gasteiger charge is -2.12. The van der Waals surface area contributed by atoms with Crippen LogP contribution in [-0.4, -0.2) is 45.3 Å². The van der Waals surface area contributed by atoms with E-state index in [1.807, 2.05) is 0 Å². The monoisotopic (exact) mass is 218 g/mol.